The molecule has 2 rings (SSSR count). The number of hydrogen-bond donors (Lipinski definition) is 1. The van der Waals surface area contributed by atoms with E-state index in [1.54, 1.807) is 13.1 Å². The first kappa shape index (κ1) is 13.3. The second kappa shape index (κ2) is 5.67. The maximum Gasteiger partial charge on any atom is 0.128 e. The van der Waals surface area contributed by atoms with Crippen molar-refractivity contribution in [3.8, 4) is 0 Å². The molecule has 1 aliphatic heterocycles. The van der Waals surface area contributed by atoms with E-state index in [9.17, 15) is 5.11 Å². The Morgan fingerprint density at radius 1 is 1.50 bits per heavy atom. The molecular formula is C14H23N3O. The van der Waals surface area contributed by atoms with Gasteiger partial charge in [-0.3, -0.25) is 0 Å². The highest BCUT2D eigenvalue weighted by molar-refractivity contribution is 5.42. The van der Waals surface area contributed by atoms with Crippen LogP contribution in [0.15, 0.2) is 18.3 Å². The van der Waals surface area contributed by atoms with E-state index in [2.05, 4.69) is 28.9 Å². The molecule has 100 valence electrons. The largest absolute Gasteiger partial charge is 0.389 e. The van der Waals surface area contributed by atoms with Gasteiger partial charge >= 0.3 is 0 Å². The van der Waals surface area contributed by atoms with Crippen LogP contribution in [-0.2, 0) is 0 Å². The smallest absolute Gasteiger partial charge is 0.128 e. The number of anilines is 1. The van der Waals surface area contributed by atoms with Gasteiger partial charge in [0.05, 0.1) is 6.10 Å². The summed E-state index contributed by atoms with van der Waals surface area (Å²) in [7, 11) is 4.22. The molecule has 4 nitrogen and oxygen atoms in total. The van der Waals surface area contributed by atoms with Crippen LogP contribution >= 0.6 is 0 Å². The van der Waals surface area contributed by atoms with Crippen molar-refractivity contribution in [1.82, 2.24) is 9.88 Å². The number of likely N-dealkylation sites (N-methyl/N-ethyl adjacent to an activating group) is 1. The summed E-state index contributed by atoms with van der Waals surface area (Å²) in [5, 5.41) is 9.49. The average molecular weight is 249 g/mol. The highest BCUT2D eigenvalue weighted by Gasteiger charge is 2.25. The van der Waals surface area contributed by atoms with E-state index in [0.29, 0.717) is 6.04 Å². The van der Waals surface area contributed by atoms with E-state index in [1.165, 1.54) is 12.8 Å². The highest BCUT2D eigenvalue weighted by Crippen LogP contribution is 2.25. The summed E-state index contributed by atoms with van der Waals surface area (Å²) in [6.45, 7) is 3.92. The van der Waals surface area contributed by atoms with Gasteiger partial charge < -0.3 is 14.9 Å². The lowest BCUT2D eigenvalue weighted by atomic mass is 10.2. The van der Waals surface area contributed by atoms with E-state index >= 15 is 0 Å². The van der Waals surface area contributed by atoms with Crippen LogP contribution in [0.25, 0.3) is 0 Å². The van der Waals surface area contributed by atoms with Gasteiger partial charge in [-0.1, -0.05) is 6.07 Å². The first-order chi connectivity index (χ1) is 8.58. The molecule has 0 radical (unpaired) electrons. The van der Waals surface area contributed by atoms with E-state index in [4.69, 9.17) is 0 Å². The van der Waals surface area contributed by atoms with E-state index in [0.717, 1.165) is 24.5 Å². The van der Waals surface area contributed by atoms with Crippen molar-refractivity contribution in [3.63, 3.8) is 0 Å². The Balaban J connectivity index is 2.10. The number of hydrogen-bond acceptors (Lipinski definition) is 4. The van der Waals surface area contributed by atoms with Gasteiger partial charge in [0.25, 0.3) is 0 Å². The predicted octanol–water partition coefficient (Wildman–Crippen LogP) is 1.67. The minimum absolute atomic E-state index is 0.442. The minimum Gasteiger partial charge on any atom is -0.389 e. The van der Waals surface area contributed by atoms with Crippen LogP contribution in [0.4, 0.5) is 5.82 Å². The standard InChI is InChI=1S/C14H23N3O/c1-11(18)12-6-7-14(15-9-12)17-8-4-5-13(17)10-16(2)3/h6-7,9,11,13,18H,4-5,8,10H2,1-3H3. The molecule has 1 N–H and O–H groups in total. The first-order valence-corrected chi connectivity index (χ1v) is 6.63. The number of aliphatic hydroxyl groups is 1. The van der Waals surface area contributed by atoms with Crippen LogP contribution in [0, 0.1) is 0 Å². The van der Waals surface area contributed by atoms with Crippen molar-refractivity contribution >= 4 is 5.82 Å². The van der Waals surface area contributed by atoms with Crippen LogP contribution < -0.4 is 4.90 Å². The topological polar surface area (TPSA) is 39.6 Å². The Morgan fingerprint density at radius 3 is 2.83 bits per heavy atom. The molecule has 18 heavy (non-hydrogen) atoms. The number of rotatable bonds is 4. The molecule has 4 heteroatoms. The maximum absolute atomic E-state index is 9.49. The van der Waals surface area contributed by atoms with E-state index in [-0.39, 0.29) is 0 Å². The van der Waals surface area contributed by atoms with Crippen molar-refractivity contribution in [2.24, 2.45) is 0 Å². The molecule has 0 bridgehead atoms. The molecule has 1 fully saturated rings. The quantitative estimate of drug-likeness (QED) is 0.881. The van der Waals surface area contributed by atoms with Gasteiger partial charge in [0, 0.05) is 25.3 Å². The first-order valence-electron chi connectivity index (χ1n) is 6.63. The summed E-state index contributed by atoms with van der Waals surface area (Å²) >= 11 is 0. The lowest BCUT2D eigenvalue weighted by molar-refractivity contribution is 0.199. The van der Waals surface area contributed by atoms with Gasteiger partial charge in [-0.25, -0.2) is 4.98 Å². The Morgan fingerprint density at radius 2 is 2.28 bits per heavy atom. The van der Waals surface area contributed by atoms with Crippen LogP contribution in [0.2, 0.25) is 0 Å². The molecule has 0 aromatic carbocycles. The van der Waals surface area contributed by atoms with E-state index < -0.39 is 6.10 Å². The summed E-state index contributed by atoms with van der Waals surface area (Å²) in [6, 6.07) is 4.55. The molecule has 1 aliphatic rings. The Bertz CT molecular complexity index is 375. The lowest BCUT2D eigenvalue weighted by Gasteiger charge is -2.28. The normalized spacial score (nSPS) is 21.6. The third-order valence-electron chi connectivity index (χ3n) is 3.50. The van der Waals surface area contributed by atoms with E-state index in [1.807, 2.05) is 12.1 Å². The zero-order valence-electron chi connectivity index (χ0n) is 11.5. The molecule has 0 amide bonds. The van der Waals surface area contributed by atoms with Gasteiger partial charge in [0.1, 0.15) is 5.82 Å². The SMILES string of the molecule is CC(O)c1ccc(N2CCCC2CN(C)C)nc1. The van der Waals surface area contributed by atoms with Gasteiger partial charge in [0.15, 0.2) is 0 Å². The fourth-order valence-corrected chi connectivity index (χ4v) is 2.56. The number of aliphatic hydroxyl groups excluding tert-OH is 1. The van der Waals surface area contributed by atoms with Crippen molar-refractivity contribution in [2.45, 2.75) is 31.9 Å². The molecule has 0 aliphatic carbocycles. The summed E-state index contributed by atoms with van der Waals surface area (Å²) in [5.74, 6) is 1.03. The molecule has 1 saturated heterocycles. The monoisotopic (exact) mass is 249 g/mol. The lowest BCUT2D eigenvalue weighted by Crippen LogP contribution is -2.37. The molecule has 0 saturated carbocycles. The fraction of sp³-hybridized carbons (Fsp3) is 0.643. The summed E-state index contributed by atoms with van der Waals surface area (Å²) in [4.78, 5) is 9.10. The minimum atomic E-state index is -0.442. The molecule has 2 heterocycles. The summed E-state index contributed by atoms with van der Waals surface area (Å²) in [6.07, 6.45) is 3.81. The third-order valence-corrected chi connectivity index (χ3v) is 3.50. The molecule has 2 atom stereocenters. The number of pyridine rings is 1. The van der Waals surface area contributed by atoms with Crippen LogP contribution in [0.1, 0.15) is 31.4 Å². The fourth-order valence-electron chi connectivity index (χ4n) is 2.56. The predicted molar refractivity (Wildman–Crippen MR) is 73.8 cm³/mol. The Labute approximate surface area is 109 Å². The highest BCUT2D eigenvalue weighted by atomic mass is 16.3. The summed E-state index contributed by atoms with van der Waals surface area (Å²) in [5.41, 5.74) is 0.877. The van der Waals surface area contributed by atoms with Crippen LogP contribution in [-0.4, -0.2) is 48.2 Å². The maximum atomic E-state index is 9.49. The van der Waals surface area contributed by atoms with Crippen molar-refractivity contribution in [3.05, 3.63) is 23.9 Å². The van der Waals surface area contributed by atoms with Crippen LogP contribution in [0.5, 0.6) is 0 Å². The van der Waals surface area contributed by atoms with Crippen molar-refractivity contribution in [1.29, 1.82) is 0 Å². The van der Waals surface area contributed by atoms with Gasteiger partial charge in [-0.2, -0.15) is 0 Å². The average Bonchev–Trinajstić information content (AvgIpc) is 2.76. The zero-order chi connectivity index (χ0) is 13.1. The zero-order valence-corrected chi connectivity index (χ0v) is 11.5. The van der Waals surface area contributed by atoms with Crippen molar-refractivity contribution in [2.75, 3.05) is 32.1 Å². The Hall–Kier alpha value is -1.13. The molecular weight excluding hydrogens is 226 g/mol. The third kappa shape index (κ3) is 3.00. The van der Waals surface area contributed by atoms with Gasteiger partial charge in [0.2, 0.25) is 0 Å². The number of aromatic nitrogens is 1. The molecule has 1 aromatic heterocycles. The van der Waals surface area contributed by atoms with Crippen LogP contribution in [0.3, 0.4) is 0 Å². The van der Waals surface area contributed by atoms with Gasteiger partial charge in [-0.05, 0) is 45.5 Å². The second-order valence-corrected chi connectivity index (χ2v) is 5.38. The Kier molecular flexibility index (Phi) is 4.19. The second-order valence-electron chi connectivity index (χ2n) is 5.38. The molecule has 1 aromatic rings. The molecule has 0 spiro atoms. The van der Waals surface area contributed by atoms with Gasteiger partial charge in [-0.15, -0.1) is 0 Å². The molecule has 2 unspecified atom stereocenters. The summed E-state index contributed by atoms with van der Waals surface area (Å²) < 4.78 is 0. The number of nitrogens with zero attached hydrogens (tertiary/aromatic N) is 3. The van der Waals surface area contributed by atoms with Crippen molar-refractivity contribution < 1.29 is 5.11 Å².